The van der Waals surface area contributed by atoms with Crippen molar-refractivity contribution in [3.8, 4) is 0 Å². The Morgan fingerprint density at radius 2 is 2.04 bits per heavy atom. The van der Waals surface area contributed by atoms with Crippen LogP contribution in [-0.4, -0.2) is 24.8 Å². The SMILES string of the molecule is CCC1=CC(CCCC(C)C)(C(=O)O)C(CCOC)C(CC)=C1. The zero-order valence-electron chi connectivity index (χ0n) is 15.5. The van der Waals surface area contributed by atoms with Gasteiger partial charge < -0.3 is 9.84 Å². The highest BCUT2D eigenvalue weighted by atomic mass is 16.5. The van der Waals surface area contributed by atoms with E-state index in [2.05, 4.69) is 39.8 Å². The lowest BCUT2D eigenvalue weighted by atomic mass is 9.63. The van der Waals surface area contributed by atoms with Crippen molar-refractivity contribution in [3.05, 3.63) is 23.3 Å². The highest BCUT2D eigenvalue weighted by Gasteiger charge is 2.46. The first kappa shape index (κ1) is 20.0. The molecule has 0 fully saturated rings. The molecule has 0 saturated carbocycles. The Bertz CT molecular complexity index is 448. The number of allylic oxidation sites excluding steroid dienone is 3. The third-order valence-corrected chi connectivity index (χ3v) is 5.08. The van der Waals surface area contributed by atoms with Crippen molar-refractivity contribution in [1.29, 1.82) is 0 Å². The minimum atomic E-state index is -0.765. The van der Waals surface area contributed by atoms with Gasteiger partial charge >= 0.3 is 5.97 Å². The van der Waals surface area contributed by atoms with E-state index in [1.54, 1.807) is 7.11 Å². The Hall–Kier alpha value is -1.09. The van der Waals surface area contributed by atoms with Crippen molar-refractivity contribution in [1.82, 2.24) is 0 Å². The third kappa shape index (κ3) is 4.94. The Morgan fingerprint density at radius 3 is 2.52 bits per heavy atom. The van der Waals surface area contributed by atoms with E-state index in [-0.39, 0.29) is 5.92 Å². The van der Waals surface area contributed by atoms with Gasteiger partial charge in [-0.25, -0.2) is 0 Å². The summed E-state index contributed by atoms with van der Waals surface area (Å²) in [6.45, 7) is 9.23. The van der Waals surface area contributed by atoms with Crippen molar-refractivity contribution < 1.29 is 14.6 Å². The average Bonchev–Trinajstić information content (AvgIpc) is 2.52. The van der Waals surface area contributed by atoms with E-state index in [0.717, 1.165) is 38.5 Å². The first-order chi connectivity index (χ1) is 10.9. The van der Waals surface area contributed by atoms with Crippen LogP contribution in [-0.2, 0) is 9.53 Å². The van der Waals surface area contributed by atoms with Crippen LogP contribution in [0.1, 0.15) is 66.2 Å². The molecule has 0 aromatic rings. The summed E-state index contributed by atoms with van der Waals surface area (Å²) in [5.41, 5.74) is 1.68. The molecule has 23 heavy (non-hydrogen) atoms. The van der Waals surface area contributed by atoms with Crippen LogP contribution >= 0.6 is 0 Å². The van der Waals surface area contributed by atoms with Gasteiger partial charge in [0, 0.05) is 19.6 Å². The Labute approximate surface area is 141 Å². The summed E-state index contributed by atoms with van der Waals surface area (Å²) in [6, 6.07) is 0. The molecule has 0 amide bonds. The van der Waals surface area contributed by atoms with Gasteiger partial charge in [-0.15, -0.1) is 0 Å². The number of carbonyl (C=O) groups is 1. The number of ether oxygens (including phenoxy) is 1. The zero-order chi connectivity index (χ0) is 17.5. The Balaban J connectivity index is 3.18. The van der Waals surface area contributed by atoms with Crippen LogP contribution in [0.15, 0.2) is 23.3 Å². The summed E-state index contributed by atoms with van der Waals surface area (Å²) in [5.74, 6) is -0.0163. The summed E-state index contributed by atoms with van der Waals surface area (Å²) in [7, 11) is 1.69. The molecular weight excluding hydrogens is 288 g/mol. The second-order valence-corrected chi connectivity index (χ2v) is 7.11. The molecule has 3 heteroatoms. The molecule has 0 saturated heterocycles. The topological polar surface area (TPSA) is 46.5 Å². The number of carboxylic acids is 1. The molecule has 2 atom stereocenters. The smallest absolute Gasteiger partial charge is 0.314 e. The number of methoxy groups -OCH3 is 1. The molecule has 1 aliphatic rings. The second-order valence-electron chi connectivity index (χ2n) is 7.11. The van der Waals surface area contributed by atoms with Crippen LogP contribution in [0.2, 0.25) is 0 Å². The van der Waals surface area contributed by atoms with Gasteiger partial charge in [-0.05, 0) is 31.6 Å². The van der Waals surface area contributed by atoms with E-state index in [1.165, 1.54) is 11.1 Å². The van der Waals surface area contributed by atoms with Crippen molar-refractivity contribution in [2.75, 3.05) is 13.7 Å². The van der Waals surface area contributed by atoms with Gasteiger partial charge in [0.15, 0.2) is 0 Å². The maximum absolute atomic E-state index is 12.3. The molecule has 1 rings (SSSR count). The fourth-order valence-corrected chi connectivity index (χ4v) is 3.74. The van der Waals surface area contributed by atoms with Crippen LogP contribution in [0.5, 0.6) is 0 Å². The van der Waals surface area contributed by atoms with Crippen LogP contribution in [0.4, 0.5) is 0 Å². The molecule has 2 unspecified atom stereocenters. The summed E-state index contributed by atoms with van der Waals surface area (Å²) in [4.78, 5) is 12.3. The van der Waals surface area contributed by atoms with Crippen molar-refractivity contribution in [3.63, 3.8) is 0 Å². The monoisotopic (exact) mass is 322 g/mol. The lowest BCUT2D eigenvalue weighted by molar-refractivity contribution is -0.149. The van der Waals surface area contributed by atoms with Crippen LogP contribution in [0.3, 0.4) is 0 Å². The molecule has 0 heterocycles. The van der Waals surface area contributed by atoms with E-state index in [4.69, 9.17) is 4.74 Å². The predicted molar refractivity (Wildman–Crippen MR) is 95.5 cm³/mol. The number of rotatable bonds is 10. The van der Waals surface area contributed by atoms with Crippen molar-refractivity contribution in [2.24, 2.45) is 17.3 Å². The molecule has 0 spiro atoms. The summed E-state index contributed by atoms with van der Waals surface area (Å²) < 4.78 is 5.27. The van der Waals surface area contributed by atoms with Gasteiger partial charge in [-0.1, -0.05) is 63.8 Å². The van der Waals surface area contributed by atoms with Crippen LogP contribution in [0.25, 0.3) is 0 Å². The quantitative estimate of drug-likeness (QED) is 0.599. The first-order valence-electron chi connectivity index (χ1n) is 9.05. The third-order valence-electron chi connectivity index (χ3n) is 5.08. The minimum Gasteiger partial charge on any atom is -0.481 e. The fourth-order valence-electron chi connectivity index (χ4n) is 3.74. The fraction of sp³-hybridized carbons (Fsp3) is 0.750. The standard InChI is InChI=1S/C20H34O3/c1-6-16-13-17(7-2)18(10-12-23-5)20(14-16,19(21)22)11-8-9-15(3)4/h13-15,18H,6-12H2,1-5H3,(H,21,22). The molecule has 0 aliphatic heterocycles. The van der Waals surface area contributed by atoms with E-state index < -0.39 is 11.4 Å². The first-order valence-corrected chi connectivity index (χ1v) is 9.05. The van der Waals surface area contributed by atoms with Crippen molar-refractivity contribution >= 4 is 5.97 Å². The molecule has 0 bridgehead atoms. The van der Waals surface area contributed by atoms with Gasteiger partial charge in [0.25, 0.3) is 0 Å². The maximum Gasteiger partial charge on any atom is 0.314 e. The second kappa shape index (κ2) is 9.27. The molecule has 0 radical (unpaired) electrons. The van der Waals surface area contributed by atoms with Gasteiger partial charge in [-0.3, -0.25) is 4.79 Å². The average molecular weight is 322 g/mol. The zero-order valence-corrected chi connectivity index (χ0v) is 15.5. The van der Waals surface area contributed by atoms with Gasteiger partial charge in [0.2, 0.25) is 0 Å². The largest absolute Gasteiger partial charge is 0.481 e. The lowest BCUT2D eigenvalue weighted by Gasteiger charge is -2.40. The van der Waals surface area contributed by atoms with E-state index >= 15 is 0 Å². The van der Waals surface area contributed by atoms with Crippen molar-refractivity contribution in [2.45, 2.75) is 66.2 Å². The normalized spacial score (nSPS) is 24.5. The number of aliphatic carboxylic acids is 1. The van der Waals surface area contributed by atoms with Crippen LogP contribution in [0, 0.1) is 17.3 Å². The molecule has 1 aliphatic carbocycles. The summed E-state index contributed by atoms with van der Waals surface area (Å²) in [5, 5.41) is 10.1. The maximum atomic E-state index is 12.3. The minimum absolute atomic E-state index is 0.0485. The number of hydrogen-bond donors (Lipinski definition) is 1. The lowest BCUT2D eigenvalue weighted by Crippen LogP contribution is -2.40. The number of hydrogen-bond acceptors (Lipinski definition) is 2. The molecule has 132 valence electrons. The molecular formula is C20H34O3. The van der Waals surface area contributed by atoms with E-state index in [9.17, 15) is 9.90 Å². The van der Waals surface area contributed by atoms with Gasteiger partial charge in [0.05, 0.1) is 5.41 Å². The molecule has 0 aromatic carbocycles. The molecule has 1 N–H and O–H groups in total. The van der Waals surface area contributed by atoms with E-state index in [1.807, 2.05) is 0 Å². The summed E-state index contributed by atoms with van der Waals surface area (Å²) in [6.07, 6.45) is 9.60. The van der Waals surface area contributed by atoms with E-state index in [0.29, 0.717) is 12.5 Å². The highest BCUT2D eigenvalue weighted by molar-refractivity contribution is 5.79. The Kier molecular flexibility index (Phi) is 8.04. The molecule has 0 aromatic heterocycles. The molecule has 3 nitrogen and oxygen atoms in total. The predicted octanol–water partition coefficient (Wildman–Crippen LogP) is 5.22. The van der Waals surface area contributed by atoms with Gasteiger partial charge in [-0.2, -0.15) is 0 Å². The number of carboxylic acid groups (broad SMARTS) is 1. The summed E-state index contributed by atoms with van der Waals surface area (Å²) >= 11 is 0. The van der Waals surface area contributed by atoms with Crippen LogP contribution < -0.4 is 0 Å². The Morgan fingerprint density at radius 1 is 1.35 bits per heavy atom. The van der Waals surface area contributed by atoms with Gasteiger partial charge in [0.1, 0.15) is 0 Å². The highest BCUT2D eigenvalue weighted by Crippen LogP contribution is 2.47.